The van der Waals surface area contributed by atoms with E-state index in [-0.39, 0.29) is 0 Å². The predicted octanol–water partition coefficient (Wildman–Crippen LogP) is 5.07. The molecule has 17 heavy (non-hydrogen) atoms. The van der Waals surface area contributed by atoms with Crippen LogP contribution in [-0.4, -0.2) is 12.6 Å². The van der Waals surface area contributed by atoms with Crippen LogP contribution >= 0.6 is 0 Å². The molecule has 0 aromatic heterocycles. The highest BCUT2D eigenvalue weighted by atomic mass is 14.9. The fourth-order valence-corrected chi connectivity index (χ4v) is 1.91. The van der Waals surface area contributed by atoms with Gasteiger partial charge in [0.1, 0.15) is 0 Å². The standard InChI is InChI=1S/C16H33N/c1-4-5-6-7-8-9-10-11-12-13-14-15-17-16(2)3/h12-13,16-17H,4-11,14-15H2,1-3H3. The van der Waals surface area contributed by atoms with Gasteiger partial charge >= 0.3 is 0 Å². The van der Waals surface area contributed by atoms with E-state index in [1.807, 2.05) is 0 Å². The summed E-state index contributed by atoms with van der Waals surface area (Å²) in [5.41, 5.74) is 0. The van der Waals surface area contributed by atoms with E-state index in [0.29, 0.717) is 6.04 Å². The molecule has 0 amide bonds. The van der Waals surface area contributed by atoms with Gasteiger partial charge in [0.2, 0.25) is 0 Å². The van der Waals surface area contributed by atoms with Crippen LogP contribution in [0.3, 0.4) is 0 Å². The molecule has 0 radical (unpaired) electrons. The van der Waals surface area contributed by atoms with Gasteiger partial charge in [-0.15, -0.1) is 0 Å². The van der Waals surface area contributed by atoms with E-state index < -0.39 is 0 Å². The molecule has 102 valence electrons. The van der Waals surface area contributed by atoms with Crippen molar-refractivity contribution >= 4 is 0 Å². The van der Waals surface area contributed by atoms with Crippen LogP contribution in [0.25, 0.3) is 0 Å². The zero-order chi connectivity index (χ0) is 12.8. The summed E-state index contributed by atoms with van der Waals surface area (Å²) >= 11 is 0. The molecule has 0 aliphatic rings. The molecule has 0 aliphatic carbocycles. The van der Waals surface area contributed by atoms with E-state index in [1.165, 1.54) is 57.8 Å². The average Bonchev–Trinajstić information content (AvgIpc) is 2.30. The van der Waals surface area contributed by atoms with Crippen molar-refractivity contribution in [3.8, 4) is 0 Å². The van der Waals surface area contributed by atoms with Gasteiger partial charge in [-0.25, -0.2) is 0 Å². The highest BCUT2D eigenvalue weighted by Crippen LogP contribution is 2.08. The number of nitrogens with one attached hydrogen (secondary N) is 1. The minimum Gasteiger partial charge on any atom is -0.314 e. The zero-order valence-electron chi connectivity index (χ0n) is 12.3. The Hall–Kier alpha value is -0.300. The highest BCUT2D eigenvalue weighted by molar-refractivity contribution is 4.82. The largest absolute Gasteiger partial charge is 0.314 e. The first-order valence-electron chi connectivity index (χ1n) is 7.65. The van der Waals surface area contributed by atoms with E-state index >= 15 is 0 Å². The van der Waals surface area contributed by atoms with Crippen molar-refractivity contribution in [3.05, 3.63) is 12.2 Å². The Balaban J connectivity index is 3.04. The van der Waals surface area contributed by atoms with Gasteiger partial charge in [-0.3, -0.25) is 0 Å². The van der Waals surface area contributed by atoms with Gasteiger partial charge in [0, 0.05) is 6.04 Å². The highest BCUT2D eigenvalue weighted by Gasteiger charge is 1.90. The first-order chi connectivity index (χ1) is 8.27. The van der Waals surface area contributed by atoms with Crippen LogP contribution in [0.1, 0.15) is 78.6 Å². The molecule has 0 atom stereocenters. The first kappa shape index (κ1) is 16.7. The molecule has 0 saturated carbocycles. The lowest BCUT2D eigenvalue weighted by molar-refractivity contribution is 0.589. The fourth-order valence-electron chi connectivity index (χ4n) is 1.91. The topological polar surface area (TPSA) is 12.0 Å². The molecule has 0 rings (SSSR count). The second-order valence-electron chi connectivity index (χ2n) is 5.28. The maximum Gasteiger partial charge on any atom is 0.00105 e. The molecular formula is C16H33N. The van der Waals surface area contributed by atoms with E-state index in [2.05, 4.69) is 38.2 Å². The monoisotopic (exact) mass is 239 g/mol. The SMILES string of the molecule is CCCCCCCCCC=CCCNC(C)C. The Morgan fingerprint density at radius 2 is 1.41 bits per heavy atom. The maximum atomic E-state index is 3.42. The molecule has 0 spiro atoms. The number of hydrogen-bond acceptors (Lipinski definition) is 1. The van der Waals surface area contributed by atoms with Crippen LogP contribution in [0.2, 0.25) is 0 Å². The summed E-state index contributed by atoms with van der Waals surface area (Å²) in [7, 11) is 0. The van der Waals surface area contributed by atoms with Gasteiger partial charge < -0.3 is 5.32 Å². The summed E-state index contributed by atoms with van der Waals surface area (Å²) in [5, 5.41) is 3.42. The quantitative estimate of drug-likeness (QED) is 0.370. The van der Waals surface area contributed by atoms with E-state index in [0.717, 1.165) is 6.54 Å². The third-order valence-electron chi connectivity index (χ3n) is 3.00. The van der Waals surface area contributed by atoms with E-state index in [4.69, 9.17) is 0 Å². The molecule has 0 saturated heterocycles. The Morgan fingerprint density at radius 3 is 2.06 bits per heavy atom. The minimum absolute atomic E-state index is 0.617. The Kier molecular flexibility index (Phi) is 13.5. The van der Waals surface area contributed by atoms with Crippen molar-refractivity contribution < 1.29 is 0 Å². The number of unbranched alkanes of at least 4 members (excludes halogenated alkanes) is 7. The lowest BCUT2D eigenvalue weighted by Gasteiger charge is -2.04. The van der Waals surface area contributed by atoms with Crippen LogP contribution in [0.5, 0.6) is 0 Å². The molecule has 0 heterocycles. The first-order valence-corrected chi connectivity index (χ1v) is 7.65. The third kappa shape index (κ3) is 15.7. The molecule has 0 unspecified atom stereocenters. The third-order valence-corrected chi connectivity index (χ3v) is 3.00. The fraction of sp³-hybridized carbons (Fsp3) is 0.875. The molecule has 1 heteroatoms. The molecule has 0 aliphatic heterocycles. The summed E-state index contributed by atoms with van der Waals surface area (Å²) in [5.74, 6) is 0. The van der Waals surface area contributed by atoms with Gasteiger partial charge in [0.05, 0.1) is 0 Å². The van der Waals surface area contributed by atoms with Crippen LogP contribution < -0.4 is 5.32 Å². The lowest BCUT2D eigenvalue weighted by atomic mass is 10.1. The van der Waals surface area contributed by atoms with Crippen molar-refractivity contribution in [1.29, 1.82) is 0 Å². The molecule has 0 bridgehead atoms. The molecule has 0 aromatic carbocycles. The van der Waals surface area contributed by atoms with Crippen molar-refractivity contribution in [2.24, 2.45) is 0 Å². The average molecular weight is 239 g/mol. The zero-order valence-corrected chi connectivity index (χ0v) is 12.3. The molecule has 1 nitrogen and oxygen atoms in total. The Labute approximate surface area is 109 Å². The second-order valence-corrected chi connectivity index (χ2v) is 5.28. The molecular weight excluding hydrogens is 206 g/mol. The van der Waals surface area contributed by atoms with Crippen LogP contribution in [-0.2, 0) is 0 Å². The summed E-state index contributed by atoms with van der Waals surface area (Å²) in [6, 6.07) is 0.617. The minimum atomic E-state index is 0.617. The summed E-state index contributed by atoms with van der Waals surface area (Å²) in [6.07, 6.45) is 17.0. The number of hydrogen-bond donors (Lipinski definition) is 1. The van der Waals surface area contributed by atoms with E-state index in [9.17, 15) is 0 Å². The molecule has 0 fully saturated rings. The molecule has 1 N–H and O–H groups in total. The van der Waals surface area contributed by atoms with Crippen molar-refractivity contribution in [1.82, 2.24) is 5.32 Å². The number of allylic oxidation sites excluding steroid dienone is 1. The van der Waals surface area contributed by atoms with Gasteiger partial charge in [-0.1, -0.05) is 71.4 Å². The van der Waals surface area contributed by atoms with Crippen LogP contribution in [0, 0.1) is 0 Å². The van der Waals surface area contributed by atoms with Crippen LogP contribution in [0.4, 0.5) is 0 Å². The lowest BCUT2D eigenvalue weighted by Crippen LogP contribution is -2.23. The van der Waals surface area contributed by atoms with Crippen molar-refractivity contribution in [2.75, 3.05) is 6.54 Å². The Bertz CT molecular complexity index is 161. The summed E-state index contributed by atoms with van der Waals surface area (Å²) in [4.78, 5) is 0. The van der Waals surface area contributed by atoms with Gasteiger partial charge in [0.25, 0.3) is 0 Å². The summed E-state index contributed by atoms with van der Waals surface area (Å²) in [6.45, 7) is 7.79. The maximum absolute atomic E-state index is 3.42. The Morgan fingerprint density at radius 1 is 0.824 bits per heavy atom. The smallest absolute Gasteiger partial charge is 0.00105 e. The normalized spacial score (nSPS) is 11.8. The van der Waals surface area contributed by atoms with Gasteiger partial charge in [-0.05, 0) is 25.8 Å². The van der Waals surface area contributed by atoms with Gasteiger partial charge in [0.15, 0.2) is 0 Å². The second kappa shape index (κ2) is 13.8. The van der Waals surface area contributed by atoms with Crippen molar-refractivity contribution in [2.45, 2.75) is 84.6 Å². The van der Waals surface area contributed by atoms with E-state index in [1.54, 1.807) is 0 Å². The molecule has 0 aromatic rings. The summed E-state index contributed by atoms with van der Waals surface area (Å²) < 4.78 is 0. The van der Waals surface area contributed by atoms with Crippen molar-refractivity contribution in [3.63, 3.8) is 0 Å². The van der Waals surface area contributed by atoms with Gasteiger partial charge in [-0.2, -0.15) is 0 Å². The predicted molar refractivity (Wildman–Crippen MR) is 79.5 cm³/mol. The number of rotatable bonds is 12. The van der Waals surface area contributed by atoms with Crippen LogP contribution in [0.15, 0.2) is 12.2 Å².